The molecule has 15 nitrogen and oxygen atoms in total. The number of fused-ring (bicyclic) bond motifs is 2. The van der Waals surface area contributed by atoms with Gasteiger partial charge < -0.3 is 34.2 Å². The molecule has 3 aliphatic rings. The zero-order valence-corrected chi connectivity index (χ0v) is 23.9. The second kappa shape index (κ2) is 11.0. The first-order valence-corrected chi connectivity index (χ1v) is 14.2. The molecular weight excluding hydrogens is 560 g/mol. The Hall–Kier alpha value is -4.95. The molecule has 3 aromatic heterocycles. The van der Waals surface area contributed by atoms with Crippen LogP contribution < -0.4 is 15.2 Å². The van der Waals surface area contributed by atoms with Gasteiger partial charge in [0.15, 0.2) is 17.3 Å². The van der Waals surface area contributed by atoms with Crippen molar-refractivity contribution < 1.29 is 29.3 Å². The van der Waals surface area contributed by atoms with Gasteiger partial charge in [-0.2, -0.15) is 9.50 Å². The summed E-state index contributed by atoms with van der Waals surface area (Å²) >= 11 is 0. The van der Waals surface area contributed by atoms with Gasteiger partial charge in [0.25, 0.3) is 11.5 Å². The fourth-order valence-electron chi connectivity index (χ4n) is 5.95. The van der Waals surface area contributed by atoms with E-state index in [1.165, 1.54) is 17.7 Å². The Labute approximate surface area is 245 Å². The third kappa shape index (κ3) is 4.93. The lowest BCUT2D eigenvalue weighted by Gasteiger charge is -2.36. The lowest BCUT2D eigenvalue weighted by molar-refractivity contribution is -0.137. The molecule has 0 saturated carbocycles. The minimum absolute atomic E-state index is 0.0317. The molecule has 15 heteroatoms. The number of pyridine rings is 1. The number of carbonyl (C=O) groups excluding carboxylic acids is 2. The first kappa shape index (κ1) is 28.2. The van der Waals surface area contributed by atoms with Crippen molar-refractivity contribution in [1.29, 1.82) is 0 Å². The summed E-state index contributed by atoms with van der Waals surface area (Å²) in [6.07, 6.45) is 4.68. The molecule has 6 rings (SSSR count). The summed E-state index contributed by atoms with van der Waals surface area (Å²) in [7, 11) is 0. The molecule has 2 N–H and O–H groups in total. The number of anilines is 1. The summed E-state index contributed by atoms with van der Waals surface area (Å²) in [5, 5.41) is 24.9. The quantitative estimate of drug-likeness (QED) is 0.399. The Morgan fingerprint density at radius 3 is 2.49 bits per heavy atom. The number of amides is 2. The number of aromatic nitrogens is 5. The van der Waals surface area contributed by atoms with E-state index >= 15 is 0 Å². The smallest absolute Gasteiger partial charge is 0.323 e. The maximum Gasteiger partial charge on any atom is 0.323 e. The number of carboxylic acids is 1. The van der Waals surface area contributed by atoms with E-state index in [1.807, 2.05) is 17.9 Å². The monoisotopic (exact) mass is 592 g/mol. The third-order valence-electron chi connectivity index (χ3n) is 8.21. The highest BCUT2D eigenvalue weighted by atomic mass is 16.5. The largest absolute Gasteiger partial charge is 0.505 e. The number of hydrogen-bond acceptors (Lipinski definition) is 10. The van der Waals surface area contributed by atoms with Crippen LogP contribution in [-0.4, -0.2) is 108 Å². The molecule has 0 aliphatic carbocycles. The summed E-state index contributed by atoms with van der Waals surface area (Å²) in [5.74, 6) is -0.767. The molecule has 3 aromatic rings. The zero-order chi connectivity index (χ0) is 30.4. The van der Waals surface area contributed by atoms with E-state index < -0.39 is 24.0 Å². The number of carbonyl (C=O) groups is 3. The zero-order valence-electron chi connectivity index (χ0n) is 23.9. The number of rotatable bonds is 6. The van der Waals surface area contributed by atoms with Gasteiger partial charge in [-0.05, 0) is 18.4 Å². The number of nitrogens with zero attached hydrogens (tertiary/aromatic N) is 8. The number of aromatic hydroxyl groups is 1. The summed E-state index contributed by atoms with van der Waals surface area (Å²) in [5.41, 5.74) is 1.73. The number of ether oxygens (including phenoxy) is 1. The van der Waals surface area contributed by atoms with Crippen LogP contribution in [0.4, 0.5) is 5.69 Å². The maximum atomic E-state index is 13.9. The van der Waals surface area contributed by atoms with Crippen LogP contribution in [0, 0.1) is 0 Å². The highest BCUT2D eigenvalue weighted by Gasteiger charge is 2.32. The molecular formula is C28H32N8O7. The van der Waals surface area contributed by atoms with Gasteiger partial charge in [0.05, 0.1) is 18.5 Å². The van der Waals surface area contributed by atoms with Crippen molar-refractivity contribution >= 4 is 34.8 Å². The fraction of sp³-hybridized carbons (Fsp3) is 0.464. The van der Waals surface area contributed by atoms with Gasteiger partial charge in [-0.15, -0.1) is 5.10 Å². The van der Waals surface area contributed by atoms with Crippen LogP contribution in [0.1, 0.15) is 47.8 Å². The topological polar surface area (TPSA) is 176 Å². The second-order valence-electron chi connectivity index (χ2n) is 10.7. The van der Waals surface area contributed by atoms with E-state index in [0.717, 1.165) is 10.1 Å². The molecule has 0 spiro atoms. The van der Waals surface area contributed by atoms with E-state index in [2.05, 4.69) is 15.1 Å². The normalized spacial score (nSPS) is 16.7. The Kier molecular flexibility index (Phi) is 7.23. The molecule has 6 heterocycles. The number of carboxylic acid groups (broad SMARTS) is 1. The summed E-state index contributed by atoms with van der Waals surface area (Å²) in [6, 6.07) is 0. The molecule has 43 heavy (non-hydrogen) atoms. The minimum Gasteiger partial charge on any atom is -0.505 e. The van der Waals surface area contributed by atoms with Gasteiger partial charge >= 0.3 is 5.97 Å². The Morgan fingerprint density at radius 1 is 1.07 bits per heavy atom. The van der Waals surface area contributed by atoms with Gasteiger partial charge in [0.2, 0.25) is 11.7 Å². The van der Waals surface area contributed by atoms with Crippen LogP contribution in [-0.2, 0) is 29.0 Å². The summed E-state index contributed by atoms with van der Waals surface area (Å²) < 4.78 is 8.07. The molecule has 226 valence electrons. The molecule has 3 aliphatic heterocycles. The van der Waals surface area contributed by atoms with Gasteiger partial charge in [0.1, 0.15) is 18.0 Å². The van der Waals surface area contributed by atoms with E-state index in [1.54, 1.807) is 9.80 Å². The van der Waals surface area contributed by atoms with E-state index in [9.17, 15) is 29.4 Å². The predicted molar refractivity (Wildman–Crippen MR) is 152 cm³/mol. The van der Waals surface area contributed by atoms with Crippen molar-refractivity contribution in [3.8, 4) is 11.5 Å². The van der Waals surface area contributed by atoms with Crippen molar-refractivity contribution in [3.05, 3.63) is 45.4 Å². The minimum atomic E-state index is -1.09. The molecule has 0 aromatic carbocycles. The molecule has 0 unspecified atom stereocenters. The summed E-state index contributed by atoms with van der Waals surface area (Å²) in [6.45, 7) is 5.38. The van der Waals surface area contributed by atoms with Crippen LogP contribution in [0.3, 0.4) is 0 Å². The number of piperazine rings is 1. The highest BCUT2D eigenvalue weighted by molar-refractivity contribution is 5.95. The average molecular weight is 593 g/mol. The second-order valence-corrected chi connectivity index (χ2v) is 10.7. The summed E-state index contributed by atoms with van der Waals surface area (Å²) in [4.78, 5) is 64.7. The predicted octanol–water partition coefficient (Wildman–Crippen LogP) is 0.172. The van der Waals surface area contributed by atoms with Crippen LogP contribution >= 0.6 is 0 Å². The molecule has 1 fully saturated rings. The van der Waals surface area contributed by atoms with Crippen LogP contribution in [0.15, 0.2) is 17.1 Å². The van der Waals surface area contributed by atoms with Crippen LogP contribution in [0.5, 0.6) is 11.5 Å². The van der Waals surface area contributed by atoms with Crippen molar-refractivity contribution in [2.75, 3.05) is 50.8 Å². The molecule has 0 radical (unpaired) electrons. The van der Waals surface area contributed by atoms with Gasteiger partial charge in [-0.25, -0.2) is 4.98 Å². The standard InChI is InChI=1S/C28H32N8O7/c1-3-19-23(33-9-11-34(12-10-33)26(41)22-24(40)18-6-13-43-20(18)14-29-22)27(42)36-28(35(19)15-21(38)39)30-25(31-36)17-4-7-32(8-5-17)16(2)37/h4,14,40H,3,5-13,15H2,1-2H3,(H,38,39). The lowest BCUT2D eigenvalue weighted by Crippen LogP contribution is -2.51. The van der Waals surface area contributed by atoms with E-state index in [4.69, 9.17) is 4.74 Å². The first-order valence-electron chi connectivity index (χ1n) is 14.2. The maximum absolute atomic E-state index is 13.9. The molecule has 2 amide bonds. The lowest BCUT2D eigenvalue weighted by atomic mass is 10.1. The Bertz CT molecular complexity index is 1730. The van der Waals surface area contributed by atoms with Gasteiger partial charge in [0, 0.05) is 58.2 Å². The molecule has 0 atom stereocenters. The van der Waals surface area contributed by atoms with Crippen molar-refractivity contribution in [2.24, 2.45) is 0 Å². The van der Waals surface area contributed by atoms with Crippen molar-refractivity contribution in [3.63, 3.8) is 0 Å². The fourth-order valence-corrected chi connectivity index (χ4v) is 5.95. The Balaban J connectivity index is 1.31. The SMILES string of the molecule is CCc1c(N2CCN(C(=O)c3ncc4c(c3O)CCO4)CC2)c(=O)n2nc(C3=CCN(C(C)=O)CC3)nc2n1CC(=O)O. The van der Waals surface area contributed by atoms with Gasteiger partial charge in [-0.1, -0.05) is 13.0 Å². The number of aliphatic carboxylic acids is 1. The van der Waals surface area contributed by atoms with E-state index in [0.29, 0.717) is 80.6 Å². The molecule has 1 saturated heterocycles. The first-order chi connectivity index (χ1) is 20.7. The average Bonchev–Trinajstić information content (AvgIpc) is 3.67. The third-order valence-corrected chi connectivity index (χ3v) is 8.21. The van der Waals surface area contributed by atoms with Crippen LogP contribution in [0.25, 0.3) is 11.4 Å². The van der Waals surface area contributed by atoms with Crippen molar-refractivity contribution in [1.82, 2.24) is 33.9 Å². The van der Waals surface area contributed by atoms with Gasteiger partial charge in [-0.3, -0.25) is 19.2 Å². The highest BCUT2D eigenvalue weighted by Crippen LogP contribution is 2.34. The van der Waals surface area contributed by atoms with Crippen molar-refractivity contribution in [2.45, 2.75) is 39.7 Å². The number of hydrogen-bond donors (Lipinski definition) is 2. The van der Waals surface area contributed by atoms with E-state index in [-0.39, 0.29) is 36.2 Å². The van der Waals surface area contributed by atoms with Crippen LogP contribution in [0.2, 0.25) is 0 Å². The molecule has 0 bridgehead atoms. The Morgan fingerprint density at radius 2 is 1.84 bits per heavy atom.